The number of ether oxygens (including phenoxy) is 1. The molecule has 0 heterocycles. The highest BCUT2D eigenvalue weighted by Gasteiger charge is 2.32. The number of carbonyl (C=O) groups excluding carboxylic acids is 1. The van der Waals surface area contributed by atoms with Gasteiger partial charge in [-0.05, 0) is 12.5 Å². The molecule has 1 aromatic rings. The van der Waals surface area contributed by atoms with Gasteiger partial charge in [-0.2, -0.15) is 0 Å². The molecule has 7 heteroatoms. The van der Waals surface area contributed by atoms with Crippen LogP contribution >= 0.6 is 0 Å². The molecule has 1 atom stereocenters. The summed E-state index contributed by atoms with van der Waals surface area (Å²) in [6.45, 7) is 5.46. The Hall–Kier alpha value is -1.92. The number of halogens is 5. The lowest BCUT2D eigenvalue weighted by Crippen LogP contribution is -2.16. The third-order valence-electron chi connectivity index (χ3n) is 2.24. The summed E-state index contributed by atoms with van der Waals surface area (Å²) in [6, 6.07) is 0. The molecule has 2 nitrogen and oxygen atoms in total. The van der Waals surface area contributed by atoms with Gasteiger partial charge in [-0.15, -0.1) is 0 Å². The zero-order valence-electron chi connectivity index (χ0n) is 9.99. The van der Waals surface area contributed by atoms with Crippen molar-refractivity contribution in [3.8, 4) is 0 Å². The minimum atomic E-state index is -2.28. The average molecular weight is 280 g/mol. The van der Waals surface area contributed by atoms with Crippen molar-refractivity contribution in [1.29, 1.82) is 0 Å². The van der Waals surface area contributed by atoms with Gasteiger partial charge in [0.25, 0.3) is 0 Å². The molecule has 19 heavy (non-hydrogen) atoms. The van der Waals surface area contributed by atoms with E-state index >= 15 is 0 Å². The van der Waals surface area contributed by atoms with Gasteiger partial charge in [0.15, 0.2) is 29.4 Å². The largest absolute Gasteiger partial charge is 0.453 e. The second-order valence-electron chi connectivity index (χ2n) is 3.82. The quantitative estimate of drug-likeness (QED) is 0.278. The fraction of sp³-hybridized carbons (Fsp3) is 0.250. The van der Waals surface area contributed by atoms with Crippen LogP contribution in [0.3, 0.4) is 0 Å². The van der Waals surface area contributed by atoms with E-state index in [0.29, 0.717) is 0 Å². The first-order valence-corrected chi connectivity index (χ1v) is 5.02. The predicted molar refractivity (Wildman–Crippen MR) is 55.6 cm³/mol. The number of hydrogen-bond donors (Lipinski definition) is 0. The van der Waals surface area contributed by atoms with Crippen molar-refractivity contribution in [1.82, 2.24) is 0 Å². The number of esters is 1. The summed E-state index contributed by atoms with van der Waals surface area (Å²) in [5, 5.41) is 0. The van der Waals surface area contributed by atoms with Gasteiger partial charge in [-0.25, -0.2) is 22.0 Å². The predicted octanol–water partition coefficient (Wildman–Crippen LogP) is 3.56. The van der Waals surface area contributed by atoms with Gasteiger partial charge in [0.2, 0.25) is 5.82 Å². The minimum absolute atomic E-state index is 0.0848. The summed E-state index contributed by atoms with van der Waals surface area (Å²) >= 11 is 0. The van der Waals surface area contributed by atoms with Crippen LogP contribution in [0.5, 0.6) is 0 Å². The normalized spacial score (nSPS) is 12.2. The van der Waals surface area contributed by atoms with Crippen LogP contribution in [-0.4, -0.2) is 5.97 Å². The number of benzene rings is 1. The minimum Gasteiger partial charge on any atom is -0.453 e. The third kappa shape index (κ3) is 2.74. The fourth-order valence-corrected chi connectivity index (χ4v) is 1.42. The van der Waals surface area contributed by atoms with Gasteiger partial charge in [-0.1, -0.05) is 6.58 Å². The van der Waals surface area contributed by atoms with E-state index in [1.54, 1.807) is 0 Å². The van der Waals surface area contributed by atoms with E-state index in [0.717, 1.165) is 6.92 Å². The summed E-state index contributed by atoms with van der Waals surface area (Å²) in [5.74, 6) is -11.5. The number of carbonyl (C=O) groups is 1. The Morgan fingerprint density at radius 2 is 1.32 bits per heavy atom. The first-order chi connectivity index (χ1) is 8.68. The van der Waals surface area contributed by atoms with Crippen molar-refractivity contribution in [2.75, 3.05) is 0 Å². The molecule has 1 unspecified atom stereocenters. The zero-order valence-corrected chi connectivity index (χ0v) is 9.99. The zero-order chi connectivity index (χ0) is 14.9. The Labute approximate surface area is 105 Å². The van der Waals surface area contributed by atoms with E-state index in [1.165, 1.54) is 6.92 Å². The average Bonchev–Trinajstić information content (AvgIpc) is 2.32. The van der Waals surface area contributed by atoms with Gasteiger partial charge in [0.1, 0.15) is 0 Å². The van der Waals surface area contributed by atoms with Crippen LogP contribution in [0.1, 0.15) is 25.5 Å². The molecular formula is C12H9F5O2. The Kier molecular flexibility index (Phi) is 4.28. The van der Waals surface area contributed by atoms with E-state index in [1.807, 2.05) is 0 Å². The van der Waals surface area contributed by atoms with Gasteiger partial charge in [-0.3, -0.25) is 4.79 Å². The molecule has 0 saturated carbocycles. The summed E-state index contributed by atoms with van der Waals surface area (Å²) < 4.78 is 70.5. The molecule has 0 saturated heterocycles. The molecule has 0 N–H and O–H groups in total. The van der Waals surface area contributed by atoms with E-state index in [2.05, 4.69) is 11.3 Å². The Bertz CT molecular complexity index is 525. The molecule has 0 fully saturated rings. The van der Waals surface area contributed by atoms with Crippen molar-refractivity contribution in [3.63, 3.8) is 0 Å². The summed E-state index contributed by atoms with van der Waals surface area (Å²) in [4.78, 5) is 10.8. The molecule has 1 aromatic carbocycles. The van der Waals surface area contributed by atoms with Gasteiger partial charge in [0, 0.05) is 6.92 Å². The summed E-state index contributed by atoms with van der Waals surface area (Å²) in [7, 11) is 0. The van der Waals surface area contributed by atoms with Crippen molar-refractivity contribution in [3.05, 3.63) is 46.8 Å². The van der Waals surface area contributed by atoms with Crippen LogP contribution in [0.15, 0.2) is 12.2 Å². The maximum absolute atomic E-state index is 13.5. The van der Waals surface area contributed by atoms with Crippen LogP contribution < -0.4 is 0 Å². The summed E-state index contributed by atoms with van der Waals surface area (Å²) in [5.41, 5.74) is -1.32. The molecule has 0 amide bonds. The van der Waals surface area contributed by atoms with E-state index in [4.69, 9.17) is 0 Å². The van der Waals surface area contributed by atoms with Crippen molar-refractivity contribution >= 4 is 5.97 Å². The third-order valence-corrected chi connectivity index (χ3v) is 2.24. The van der Waals surface area contributed by atoms with Gasteiger partial charge in [0.05, 0.1) is 5.56 Å². The molecule has 0 radical (unpaired) electrons. The molecule has 0 aromatic heterocycles. The van der Waals surface area contributed by atoms with Gasteiger partial charge < -0.3 is 4.74 Å². The van der Waals surface area contributed by atoms with Crippen molar-refractivity contribution in [2.45, 2.75) is 20.0 Å². The Balaban J connectivity index is 3.55. The molecular weight excluding hydrogens is 271 g/mol. The SMILES string of the molecule is C=C(C)C(OC(C)=O)c1c(F)c(F)c(F)c(F)c1F. The number of hydrogen-bond acceptors (Lipinski definition) is 2. The molecule has 0 aliphatic rings. The van der Waals surface area contributed by atoms with Crippen LogP contribution in [0, 0.1) is 29.1 Å². The lowest BCUT2D eigenvalue weighted by Gasteiger charge is -2.19. The first-order valence-electron chi connectivity index (χ1n) is 5.02. The van der Waals surface area contributed by atoms with Crippen LogP contribution in [-0.2, 0) is 9.53 Å². The van der Waals surface area contributed by atoms with Gasteiger partial charge >= 0.3 is 5.97 Å². The summed E-state index contributed by atoms with van der Waals surface area (Å²) in [6.07, 6.45) is -1.75. The van der Waals surface area contributed by atoms with E-state index in [9.17, 15) is 26.7 Å². The standard InChI is InChI=1S/C12H9F5O2/c1-4(2)12(19-5(3)18)6-7(13)9(15)11(17)10(16)8(6)14/h12H,1H2,2-3H3. The fourth-order valence-electron chi connectivity index (χ4n) is 1.42. The van der Waals surface area contributed by atoms with Crippen molar-refractivity contribution < 1.29 is 31.5 Å². The topological polar surface area (TPSA) is 26.3 Å². The lowest BCUT2D eigenvalue weighted by molar-refractivity contribution is -0.145. The van der Waals surface area contributed by atoms with E-state index in [-0.39, 0.29) is 5.57 Å². The highest BCUT2D eigenvalue weighted by Crippen LogP contribution is 2.33. The molecule has 0 aliphatic heterocycles. The van der Waals surface area contributed by atoms with Crippen LogP contribution in [0.2, 0.25) is 0 Å². The Morgan fingerprint density at radius 3 is 1.63 bits per heavy atom. The molecule has 0 bridgehead atoms. The first kappa shape index (κ1) is 15.1. The molecule has 0 aliphatic carbocycles. The highest BCUT2D eigenvalue weighted by molar-refractivity contribution is 5.66. The highest BCUT2D eigenvalue weighted by atomic mass is 19.2. The van der Waals surface area contributed by atoms with Crippen LogP contribution in [0.25, 0.3) is 0 Å². The second-order valence-corrected chi connectivity index (χ2v) is 3.82. The molecule has 104 valence electrons. The maximum atomic E-state index is 13.5. The monoisotopic (exact) mass is 280 g/mol. The van der Waals surface area contributed by atoms with Crippen LogP contribution in [0.4, 0.5) is 22.0 Å². The molecule has 0 spiro atoms. The second kappa shape index (κ2) is 5.38. The van der Waals surface area contributed by atoms with E-state index < -0.39 is 46.7 Å². The van der Waals surface area contributed by atoms with Crippen molar-refractivity contribution in [2.24, 2.45) is 0 Å². The smallest absolute Gasteiger partial charge is 0.303 e. The maximum Gasteiger partial charge on any atom is 0.303 e. The lowest BCUT2D eigenvalue weighted by atomic mass is 10.0. The Morgan fingerprint density at radius 1 is 0.947 bits per heavy atom. The molecule has 1 rings (SSSR count). The number of rotatable bonds is 3.